The van der Waals surface area contributed by atoms with E-state index in [1.54, 1.807) is 6.92 Å². The predicted octanol–water partition coefficient (Wildman–Crippen LogP) is 2.20. The Morgan fingerprint density at radius 2 is 2.06 bits per heavy atom. The Morgan fingerprint density at radius 3 is 2.69 bits per heavy atom. The van der Waals surface area contributed by atoms with E-state index in [0.29, 0.717) is 16.9 Å². The Morgan fingerprint density at radius 1 is 1.31 bits per heavy atom. The van der Waals surface area contributed by atoms with Crippen molar-refractivity contribution in [2.24, 2.45) is 0 Å². The average molecular weight is 236 g/mol. The first-order valence-electron chi connectivity index (χ1n) is 4.91. The second kappa shape index (κ2) is 5.14. The molecule has 0 spiro atoms. The van der Waals surface area contributed by atoms with Crippen LogP contribution < -0.4 is 0 Å². The molecule has 0 aliphatic heterocycles. The third kappa shape index (κ3) is 2.84. The van der Waals surface area contributed by atoms with E-state index in [0.717, 1.165) is 5.56 Å². The van der Waals surface area contributed by atoms with E-state index in [-0.39, 0.29) is 0 Å². The van der Waals surface area contributed by atoms with E-state index >= 15 is 0 Å². The van der Waals surface area contributed by atoms with Crippen molar-refractivity contribution in [3.63, 3.8) is 0 Å². The second-order valence-corrected chi connectivity index (χ2v) is 4.30. The number of nitrogens with zero attached hydrogens (tertiary/aromatic N) is 2. The van der Waals surface area contributed by atoms with Gasteiger partial charge in [0.2, 0.25) is 5.89 Å². The minimum absolute atomic E-state index is 0.493. The van der Waals surface area contributed by atoms with Crippen LogP contribution in [0.1, 0.15) is 17.6 Å². The number of hydrogen-bond donors (Lipinski definition) is 1. The molecule has 1 atom stereocenters. The molecule has 16 heavy (non-hydrogen) atoms. The molecule has 0 amide bonds. The smallest absolute Gasteiger partial charge is 0.276 e. The van der Waals surface area contributed by atoms with Gasteiger partial charge >= 0.3 is 0 Å². The molecule has 4 nitrogen and oxygen atoms in total. The van der Waals surface area contributed by atoms with Crippen molar-refractivity contribution in [1.82, 2.24) is 10.2 Å². The molecule has 5 heteroatoms. The van der Waals surface area contributed by atoms with Crippen LogP contribution in [-0.2, 0) is 0 Å². The predicted molar refractivity (Wildman–Crippen MR) is 61.2 cm³/mol. The van der Waals surface area contributed by atoms with Crippen molar-refractivity contribution in [2.45, 2.75) is 18.3 Å². The standard InChI is InChI=1S/C11H12N2O2S/c1-8-12-13-11(15-8)16-7-10(14)9-5-3-2-4-6-9/h2-6,10,14H,7H2,1H3. The molecule has 84 valence electrons. The van der Waals surface area contributed by atoms with Crippen molar-refractivity contribution in [1.29, 1.82) is 0 Å². The summed E-state index contributed by atoms with van der Waals surface area (Å²) < 4.78 is 5.20. The average Bonchev–Trinajstić information content (AvgIpc) is 2.73. The summed E-state index contributed by atoms with van der Waals surface area (Å²) >= 11 is 1.35. The van der Waals surface area contributed by atoms with Gasteiger partial charge in [0, 0.05) is 12.7 Å². The largest absolute Gasteiger partial charge is 0.416 e. The van der Waals surface area contributed by atoms with Gasteiger partial charge in [0.25, 0.3) is 5.22 Å². The fraction of sp³-hybridized carbons (Fsp3) is 0.273. The van der Waals surface area contributed by atoms with Crippen molar-refractivity contribution in [2.75, 3.05) is 5.75 Å². The van der Waals surface area contributed by atoms with Crippen molar-refractivity contribution in [3.05, 3.63) is 41.8 Å². The van der Waals surface area contributed by atoms with Crippen molar-refractivity contribution >= 4 is 11.8 Å². The van der Waals surface area contributed by atoms with Gasteiger partial charge in [-0.3, -0.25) is 0 Å². The van der Waals surface area contributed by atoms with E-state index in [1.807, 2.05) is 30.3 Å². The van der Waals surface area contributed by atoms with Crippen LogP contribution in [0.3, 0.4) is 0 Å². The molecule has 1 N–H and O–H groups in total. The fourth-order valence-corrected chi connectivity index (χ4v) is 2.03. The van der Waals surface area contributed by atoms with E-state index in [9.17, 15) is 5.11 Å². The van der Waals surface area contributed by atoms with Gasteiger partial charge in [0.05, 0.1) is 6.10 Å². The summed E-state index contributed by atoms with van der Waals surface area (Å²) in [6.07, 6.45) is -0.515. The maximum Gasteiger partial charge on any atom is 0.276 e. The Bertz CT molecular complexity index is 444. The summed E-state index contributed by atoms with van der Waals surface area (Å²) in [4.78, 5) is 0. The number of aliphatic hydroxyl groups excluding tert-OH is 1. The molecule has 1 unspecified atom stereocenters. The molecule has 0 bridgehead atoms. The van der Waals surface area contributed by atoms with Gasteiger partial charge in [0.1, 0.15) is 0 Å². The zero-order valence-electron chi connectivity index (χ0n) is 8.83. The van der Waals surface area contributed by atoms with Crippen molar-refractivity contribution in [3.8, 4) is 0 Å². The highest BCUT2D eigenvalue weighted by atomic mass is 32.2. The van der Waals surface area contributed by atoms with Crippen LogP contribution in [0.25, 0.3) is 0 Å². The number of aryl methyl sites for hydroxylation is 1. The first-order chi connectivity index (χ1) is 7.75. The van der Waals surface area contributed by atoms with Crippen LogP contribution >= 0.6 is 11.8 Å². The van der Waals surface area contributed by atoms with Crippen LogP contribution in [-0.4, -0.2) is 21.1 Å². The Labute approximate surface area is 97.7 Å². The molecule has 0 saturated carbocycles. The van der Waals surface area contributed by atoms with Crippen LogP contribution in [0.5, 0.6) is 0 Å². The summed E-state index contributed by atoms with van der Waals surface area (Å²) in [5, 5.41) is 17.9. The van der Waals surface area contributed by atoms with E-state index in [4.69, 9.17) is 4.42 Å². The minimum atomic E-state index is -0.515. The molecular formula is C11H12N2O2S. The lowest BCUT2D eigenvalue weighted by atomic mass is 10.1. The highest BCUT2D eigenvalue weighted by Gasteiger charge is 2.10. The summed E-state index contributed by atoms with van der Waals surface area (Å²) in [5.74, 6) is 1.04. The molecule has 1 aromatic heterocycles. The summed E-state index contributed by atoms with van der Waals surface area (Å²) in [6.45, 7) is 1.74. The maximum absolute atomic E-state index is 9.88. The molecule has 0 fully saturated rings. The Kier molecular flexibility index (Phi) is 3.58. The molecule has 0 aliphatic carbocycles. The molecular weight excluding hydrogens is 224 g/mol. The number of hydrogen-bond acceptors (Lipinski definition) is 5. The summed E-state index contributed by atoms with van der Waals surface area (Å²) in [7, 11) is 0. The third-order valence-corrected chi connectivity index (χ3v) is 2.95. The number of aromatic nitrogens is 2. The zero-order valence-corrected chi connectivity index (χ0v) is 9.65. The lowest BCUT2D eigenvalue weighted by Crippen LogP contribution is -1.99. The van der Waals surface area contributed by atoms with E-state index < -0.39 is 6.10 Å². The SMILES string of the molecule is Cc1nnc(SCC(O)c2ccccc2)o1. The van der Waals surface area contributed by atoms with Gasteiger partial charge in [-0.15, -0.1) is 10.2 Å². The monoisotopic (exact) mass is 236 g/mol. The molecule has 0 aliphatic rings. The summed E-state index contributed by atoms with van der Waals surface area (Å²) in [5.41, 5.74) is 0.895. The fourth-order valence-electron chi connectivity index (χ4n) is 1.26. The van der Waals surface area contributed by atoms with Crippen LogP contribution in [0.15, 0.2) is 40.0 Å². The molecule has 0 radical (unpaired) electrons. The summed E-state index contributed by atoms with van der Waals surface area (Å²) in [6, 6.07) is 9.51. The third-order valence-electron chi connectivity index (χ3n) is 2.06. The molecule has 2 rings (SSSR count). The first kappa shape index (κ1) is 11.2. The van der Waals surface area contributed by atoms with Gasteiger partial charge in [0.15, 0.2) is 0 Å². The van der Waals surface area contributed by atoms with Crippen LogP contribution in [0, 0.1) is 6.92 Å². The molecule has 2 aromatic rings. The van der Waals surface area contributed by atoms with Crippen LogP contribution in [0.4, 0.5) is 0 Å². The first-order valence-corrected chi connectivity index (χ1v) is 5.90. The van der Waals surface area contributed by atoms with Gasteiger partial charge in [-0.25, -0.2) is 0 Å². The molecule has 0 saturated heterocycles. The quantitative estimate of drug-likeness (QED) is 0.825. The van der Waals surface area contributed by atoms with Gasteiger partial charge in [-0.2, -0.15) is 0 Å². The zero-order chi connectivity index (χ0) is 11.4. The lowest BCUT2D eigenvalue weighted by molar-refractivity contribution is 0.203. The number of aliphatic hydroxyl groups is 1. The van der Waals surface area contributed by atoms with Crippen molar-refractivity contribution < 1.29 is 9.52 Å². The normalized spacial score (nSPS) is 12.6. The van der Waals surface area contributed by atoms with Gasteiger partial charge in [-0.05, 0) is 5.56 Å². The van der Waals surface area contributed by atoms with Gasteiger partial charge < -0.3 is 9.52 Å². The lowest BCUT2D eigenvalue weighted by Gasteiger charge is -2.08. The number of thioether (sulfide) groups is 1. The molecule has 1 heterocycles. The van der Waals surface area contributed by atoms with Gasteiger partial charge in [-0.1, -0.05) is 42.1 Å². The number of benzene rings is 1. The topological polar surface area (TPSA) is 59.2 Å². The Hall–Kier alpha value is -1.33. The second-order valence-electron chi connectivity index (χ2n) is 3.32. The molecule has 1 aromatic carbocycles. The highest BCUT2D eigenvalue weighted by molar-refractivity contribution is 7.99. The Balaban J connectivity index is 1.91. The van der Waals surface area contributed by atoms with Crippen LogP contribution in [0.2, 0.25) is 0 Å². The van der Waals surface area contributed by atoms with E-state index in [1.165, 1.54) is 11.8 Å². The highest BCUT2D eigenvalue weighted by Crippen LogP contribution is 2.23. The van der Waals surface area contributed by atoms with E-state index in [2.05, 4.69) is 10.2 Å². The maximum atomic E-state index is 9.88. The number of rotatable bonds is 4. The minimum Gasteiger partial charge on any atom is -0.416 e.